The quantitative estimate of drug-likeness (QED) is 0.780. The number of hydrogen-bond acceptors (Lipinski definition) is 3. The van der Waals surface area contributed by atoms with Crippen molar-refractivity contribution in [3.63, 3.8) is 0 Å². The third-order valence-electron chi connectivity index (χ3n) is 6.86. The zero-order valence-electron chi connectivity index (χ0n) is 16.7. The molecule has 0 bridgehead atoms. The van der Waals surface area contributed by atoms with Crippen molar-refractivity contribution in [2.45, 2.75) is 90.3 Å². The van der Waals surface area contributed by atoms with Crippen LogP contribution in [0.2, 0.25) is 0 Å². The van der Waals surface area contributed by atoms with Crippen LogP contribution < -0.4 is 9.80 Å². The van der Waals surface area contributed by atoms with Crippen LogP contribution in [-0.2, 0) is 5.54 Å². The van der Waals surface area contributed by atoms with E-state index in [0.29, 0.717) is 6.04 Å². The normalized spacial score (nSPS) is 27.4. The van der Waals surface area contributed by atoms with E-state index < -0.39 is 0 Å². The summed E-state index contributed by atoms with van der Waals surface area (Å²) < 4.78 is 2.09. The fraction of sp³-hybridized carbons (Fsp3) is 0.947. The van der Waals surface area contributed by atoms with Crippen LogP contribution in [0.4, 0.5) is 0 Å². The lowest BCUT2D eigenvalue weighted by Gasteiger charge is -2.38. The molecular formula is C19H38N6+2. The van der Waals surface area contributed by atoms with Crippen LogP contribution in [0.1, 0.15) is 84.5 Å². The number of aromatic nitrogens is 4. The van der Waals surface area contributed by atoms with Gasteiger partial charge in [0.1, 0.15) is 32.2 Å². The predicted octanol–water partition coefficient (Wildman–Crippen LogP) is 0.385. The van der Waals surface area contributed by atoms with Gasteiger partial charge in [0.05, 0.1) is 11.6 Å². The van der Waals surface area contributed by atoms with Crippen LogP contribution in [-0.4, -0.2) is 52.4 Å². The molecule has 3 rings (SSSR count). The first-order chi connectivity index (χ1) is 12.1. The van der Waals surface area contributed by atoms with Crippen molar-refractivity contribution in [1.29, 1.82) is 0 Å². The van der Waals surface area contributed by atoms with Crippen molar-refractivity contribution in [3.05, 3.63) is 5.82 Å². The van der Waals surface area contributed by atoms with Gasteiger partial charge in [0, 0.05) is 6.42 Å². The molecule has 6 heteroatoms. The molecule has 1 aliphatic carbocycles. The van der Waals surface area contributed by atoms with Gasteiger partial charge in [-0.05, 0) is 56.4 Å². The maximum atomic E-state index is 4.46. The summed E-state index contributed by atoms with van der Waals surface area (Å²) in [4.78, 5) is 3.55. The number of quaternary nitrogens is 2. The molecular weight excluding hydrogens is 312 g/mol. The van der Waals surface area contributed by atoms with Crippen molar-refractivity contribution in [1.82, 2.24) is 20.2 Å². The van der Waals surface area contributed by atoms with Crippen LogP contribution >= 0.6 is 0 Å². The van der Waals surface area contributed by atoms with Crippen molar-refractivity contribution in [2.75, 3.05) is 26.2 Å². The van der Waals surface area contributed by atoms with Crippen molar-refractivity contribution < 1.29 is 9.80 Å². The van der Waals surface area contributed by atoms with Gasteiger partial charge in [-0.25, -0.2) is 4.68 Å². The lowest BCUT2D eigenvalue weighted by molar-refractivity contribution is -1.04. The average Bonchev–Trinajstić information content (AvgIpc) is 3.14. The van der Waals surface area contributed by atoms with E-state index in [1.54, 1.807) is 4.90 Å². The molecule has 25 heavy (non-hydrogen) atoms. The number of tetrazole rings is 1. The van der Waals surface area contributed by atoms with Crippen LogP contribution in [0.5, 0.6) is 0 Å². The predicted molar refractivity (Wildman–Crippen MR) is 98.7 cm³/mol. The van der Waals surface area contributed by atoms with Gasteiger partial charge in [-0.2, -0.15) is 0 Å². The summed E-state index contributed by atoms with van der Waals surface area (Å²) in [5.41, 5.74) is -0.0130. The standard InChI is InChI=1S/C19H36N6/c1-5-17(18-20-21-22-25(18)19(3,4)6-2)24-14-12-23(13-15-24)16-10-8-7-9-11-16/h16-17H,5-15H2,1-4H3/p+2/t17-/m0/s1. The van der Waals surface area contributed by atoms with Crippen LogP contribution in [0.3, 0.4) is 0 Å². The van der Waals surface area contributed by atoms with E-state index in [-0.39, 0.29) is 5.54 Å². The van der Waals surface area contributed by atoms with E-state index in [9.17, 15) is 0 Å². The third kappa shape index (κ3) is 4.05. The highest BCUT2D eigenvalue weighted by Gasteiger charge is 2.37. The molecule has 1 aromatic heterocycles. The number of nitrogens with zero attached hydrogens (tertiary/aromatic N) is 4. The Kier molecular flexibility index (Phi) is 6.10. The molecule has 0 radical (unpaired) electrons. The van der Waals surface area contributed by atoms with Gasteiger partial charge in [0.15, 0.2) is 0 Å². The zero-order valence-corrected chi connectivity index (χ0v) is 16.7. The molecule has 1 saturated carbocycles. The lowest BCUT2D eigenvalue weighted by atomic mass is 9.93. The fourth-order valence-corrected chi connectivity index (χ4v) is 4.81. The molecule has 0 spiro atoms. The Morgan fingerprint density at radius 3 is 2.36 bits per heavy atom. The van der Waals surface area contributed by atoms with E-state index >= 15 is 0 Å². The molecule has 1 aromatic rings. The first-order valence-electron chi connectivity index (χ1n) is 10.5. The molecule has 2 aliphatic rings. The van der Waals surface area contributed by atoms with E-state index in [1.165, 1.54) is 58.3 Å². The minimum absolute atomic E-state index is 0.0130. The summed E-state index contributed by atoms with van der Waals surface area (Å²) in [5, 5.41) is 12.8. The monoisotopic (exact) mass is 350 g/mol. The Morgan fingerprint density at radius 2 is 1.76 bits per heavy atom. The average molecular weight is 351 g/mol. The van der Waals surface area contributed by atoms with Crippen molar-refractivity contribution in [2.24, 2.45) is 0 Å². The van der Waals surface area contributed by atoms with E-state index in [2.05, 4.69) is 47.9 Å². The summed E-state index contributed by atoms with van der Waals surface area (Å²) >= 11 is 0. The topological polar surface area (TPSA) is 52.5 Å². The summed E-state index contributed by atoms with van der Waals surface area (Å²) in [6.07, 6.45) is 9.39. The highest BCUT2D eigenvalue weighted by Crippen LogP contribution is 2.22. The first-order valence-corrected chi connectivity index (χ1v) is 10.5. The van der Waals surface area contributed by atoms with E-state index in [1.807, 2.05) is 4.90 Å². The number of hydrogen-bond donors (Lipinski definition) is 2. The molecule has 0 aromatic carbocycles. The molecule has 0 unspecified atom stereocenters. The second-order valence-corrected chi connectivity index (χ2v) is 8.73. The highest BCUT2D eigenvalue weighted by molar-refractivity contribution is 4.92. The van der Waals surface area contributed by atoms with Gasteiger partial charge in [0.2, 0.25) is 5.82 Å². The summed E-state index contributed by atoms with van der Waals surface area (Å²) in [6.45, 7) is 14.1. The smallest absolute Gasteiger partial charge is 0.209 e. The summed E-state index contributed by atoms with van der Waals surface area (Å²) in [7, 11) is 0. The summed E-state index contributed by atoms with van der Waals surface area (Å²) in [6, 6.07) is 1.36. The van der Waals surface area contributed by atoms with Crippen LogP contribution in [0, 0.1) is 0 Å². The van der Waals surface area contributed by atoms with Gasteiger partial charge < -0.3 is 9.80 Å². The molecule has 0 amide bonds. The second-order valence-electron chi connectivity index (χ2n) is 8.73. The molecule has 1 aliphatic heterocycles. The Hall–Kier alpha value is -1.01. The maximum Gasteiger partial charge on any atom is 0.209 e. The fourth-order valence-electron chi connectivity index (χ4n) is 4.81. The molecule has 2 fully saturated rings. The number of rotatable bonds is 6. The molecule has 142 valence electrons. The molecule has 6 nitrogen and oxygen atoms in total. The van der Waals surface area contributed by atoms with Gasteiger partial charge >= 0.3 is 0 Å². The lowest BCUT2D eigenvalue weighted by Crippen LogP contribution is -3.29. The van der Waals surface area contributed by atoms with Crippen LogP contribution in [0.25, 0.3) is 0 Å². The number of nitrogens with one attached hydrogen (secondary N) is 2. The van der Waals surface area contributed by atoms with Crippen molar-refractivity contribution >= 4 is 0 Å². The zero-order chi connectivity index (χ0) is 17.9. The number of piperazine rings is 1. The largest absolute Gasteiger partial charge is 0.323 e. The molecule has 2 N–H and O–H groups in total. The maximum absolute atomic E-state index is 4.46. The SMILES string of the molecule is CC[C@@H](c1nnnn1C(C)(C)CC)[NH+]1CC[NH+](C2CCCCC2)CC1. The van der Waals surface area contributed by atoms with Gasteiger partial charge in [0.25, 0.3) is 0 Å². The van der Waals surface area contributed by atoms with Crippen molar-refractivity contribution in [3.8, 4) is 0 Å². The van der Waals surface area contributed by atoms with E-state index in [0.717, 1.165) is 24.7 Å². The third-order valence-corrected chi connectivity index (χ3v) is 6.86. The second kappa shape index (κ2) is 8.12. The highest BCUT2D eigenvalue weighted by atomic mass is 15.6. The van der Waals surface area contributed by atoms with E-state index in [4.69, 9.17) is 0 Å². The minimum Gasteiger partial charge on any atom is -0.323 e. The minimum atomic E-state index is -0.0130. The Labute approximate surface area is 152 Å². The molecule has 1 saturated heterocycles. The van der Waals surface area contributed by atoms with Crippen LogP contribution in [0.15, 0.2) is 0 Å². The van der Waals surface area contributed by atoms with Gasteiger partial charge in [-0.1, -0.05) is 20.3 Å². The summed E-state index contributed by atoms with van der Waals surface area (Å²) in [5.74, 6) is 1.09. The Morgan fingerprint density at radius 1 is 1.08 bits per heavy atom. The Balaban J connectivity index is 1.66. The van der Waals surface area contributed by atoms with Gasteiger partial charge in [-0.3, -0.25) is 0 Å². The Bertz CT molecular complexity index is 526. The molecule has 1 atom stereocenters. The molecule has 2 heterocycles. The first kappa shape index (κ1) is 18.8. The van der Waals surface area contributed by atoms with Gasteiger partial charge in [-0.15, -0.1) is 5.10 Å².